The fourth-order valence-electron chi connectivity index (χ4n) is 2.11. The molecule has 0 bridgehead atoms. The minimum absolute atomic E-state index is 0.691. The Bertz CT molecular complexity index is 397. The Kier molecular flexibility index (Phi) is 4.64. The van der Waals surface area contributed by atoms with Crippen molar-refractivity contribution in [2.24, 2.45) is 0 Å². The SMILES string of the molecule is CCCOc1cc(N2CCSC(C)C2)ccc1N. The van der Waals surface area contributed by atoms with Crippen LogP contribution in [-0.2, 0) is 0 Å². The zero-order chi connectivity index (χ0) is 13.0. The predicted molar refractivity (Wildman–Crippen MR) is 80.8 cm³/mol. The van der Waals surface area contributed by atoms with Crippen LogP contribution in [0.3, 0.4) is 0 Å². The number of nitrogens with zero attached hydrogens (tertiary/aromatic N) is 1. The summed E-state index contributed by atoms with van der Waals surface area (Å²) in [6, 6.07) is 6.12. The first-order chi connectivity index (χ1) is 8.70. The molecule has 0 spiro atoms. The van der Waals surface area contributed by atoms with Gasteiger partial charge in [0.25, 0.3) is 0 Å². The molecule has 1 aliphatic rings. The Morgan fingerprint density at radius 2 is 2.33 bits per heavy atom. The van der Waals surface area contributed by atoms with E-state index in [9.17, 15) is 0 Å². The molecule has 0 amide bonds. The summed E-state index contributed by atoms with van der Waals surface area (Å²) >= 11 is 2.04. The lowest BCUT2D eigenvalue weighted by atomic mass is 10.2. The van der Waals surface area contributed by atoms with Gasteiger partial charge in [0.05, 0.1) is 12.3 Å². The highest BCUT2D eigenvalue weighted by Crippen LogP contribution is 2.30. The molecule has 1 fully saturated rings. The molecule has 4 heteroatoms. The summed E-state index contributed by atoms with van der Waals surface area (Å²) in [5.74, 6) is 2.01. The average Bonchev–Trinajstić information content (AvgIpc) is 2.38. The largest absolute Gasteiger partial charge is 0.491 e. The number of hydrogen-bond acceptors (Lipinski definition) is 4. The van der Waals surface area contributed by atoms with Gasteiger partial charge in [-0.15, -0.1) is 0 Å². The van der Waals surface area contributed by atoms with Gasteiger partial charge in [0.2, 0.25) is 0 Å². The fourth-order valence-corrected chi connectivity index (χ4v) is 3.12. The van der Waals surface area contributed by atoms with Crippen LogP contribution >= 0.6 is 11.8 Å². The smallest absolute Gasteiger partial charge is 0.144 e. The zero-order valence-corrected chi connectivity index (χ0v) is 12.0. The molecule has 1 unspecified atom stereocenters. The van der Waals surface area contributed by atoms with E-state index in [1.807, 2.05) is 17.8 Å². The number of anilines is 2. The van der Waals surface area contributed by atoms with Crippen LogP contribution < -0.4 is 15.4 Å². The molecule has 0 aromatic heterocycles. The van der Waals surface area contributed by atoms with Crippen molar-refractivity contribution in [3.05, 3.63) is 18.2 Å². The number of nitrogen functional groups attached to an aromatic ring is 1. The lowest BCUT2D eigenvalue weighted by molar-refractivity contribution is 0.319. The number of ether oxygens (including phenoxy) is 1. The molecule has 100 valence electrons. The second kappa shape index (κ2) is 6.23. The molecule has 1 saturated heterocycles. The van der Waals surface area contributed by atoms with Crippen molar-refractivity contribution in [2.75, 3.05) is 36.1 Å². The van der Waals surface area contributed by atoms with Gasteiger partial charge < -0.3 is 15.4 Å². The Morgan fingerprint density at radius 1 is 1.50 bits per heavy atom. The second-order valence-electron chi connectivity index (χ2n) is 4.70. The van der Waals surface area contributed by atoms with Crippen molar-refractivity contribution < 1.29 is 4.74 Å². The maximum atomic E-state index is 5.94. The summed E-state index contributed by atoms with van der Waals surface area (Å²) in [5.41, 5.74) is 7.89. The topological polar surface area (TPSA) is 38.5 Å². The molecule has 3 nitrogen and oxygen atoms in total. The van der Waals surface area contributed by atoms with E-state index in [1.54, 1.807) is 0 Å². The van der Waals surface area contributed by atoms with Crippen LogP contribution in [0.5, 0.6) is 5.75 Å². The number of thioether (sulfide) groups is 1. The first kappa shape index (κ1) is 13.4. The van der Waals surface area contributed by atoms with E-state index in [-0.39, 0.29) is 0 Å². The molecule has 0 radical (unpaired) electrons. The average molecular weight is 266 g/mol. The second-order valence-corrected chi connectivity index (χ2v) is 6.24. The number of rotatable bonds is 4. The van der Waals surface area contributed by atoms with Gasteiger partial charge in [-0.25, -0.2) is 0 Å². The number of nitrogens with two attached hydrogens (primary N) is 1. The Labute approximate surface area is 114 Å². The van der Waals surface area contributed by atoms with Gasteiger partial charge in [0, 0.05) is 35.8 Å². The molecule has 1 atom stereocenters. The third-order valence-corrected chi connectivity index (χ3v) is 4.20. The summed E-state index contributed by atoms with van der Waals surface area (Å²) in [7, 11) is 0. The predicted octanol–water partition coefficient (Wildman–Crippen LogP) is 3.00. The van der Waals surface area contributed by atoms with Crippen LogP contribution in [0.1, 0.15) is 20.3 Å². The highest BCUT2D eigenvalue weighted by atomic mass is 32.2. The first-order valence-corrected chi connectivity index (χ1v) is 7.64. The van der Waals surface area contributed by atoms with E-state index >= 15 is 0 Å². The highest BCUT2D eigenvalue weighted by molar-refractivity contribution is 8.00. The summed E-state index contributed by atoms with van der Waals surface area (Å²) in [6.07, 6.45) is 1.00. The van der Waals surface area contributed by atoms with E-state index in [0.29, 0.717) is 5.25 Å². The molecule has 1 heterocycles. The highest BCUT2D eigenvalue weighted by Gasteiger charge is 2.17. The molecule has 1 aromatic carbocycles. The maximum absolute atomic E-state index is 5.94. The summed E-state index contributed by atoms with van der Waals surface area (Å²) < 4.78 is 5.69. The summed E-state index contributed by atoms with van der Waals surface area (Å²) in [4.78, 5) is 2.42. The summed E-state index contributed by atoms with van der Waals surface area (Å²) in [5, 5.41) is 0.691. The molecule has 18 heavy (non-hydrogen) atoms. The maximum Gasteiger partial charge on any atom is 0.144 e. The standard InChI is InChI=1S/C14H22N2OS/c1-3-7-17-14-9-12(4-5-13(14)15)16-6-8-18-11(2)10-16/h4-5,9,11H,3,6-8,10,15H2,1-2H3. The quantitative estimate of drug-likeness (QED) is 0.850. The molecule has 1 aliphatic heterocycles. The molecule has 0 aliphatic carbocycles. The Balaban J connectivity index is 2.12. The Hall–Kier alpha value is -1.03. The van der Waals surface area contributed by atoms with E-state index in [0.717, 1.165) is 37.6 Å². The van der Waals surface area contributed by atoms with E-state index in [2.05, 4.69) is 30.9 Å². The van der Waals surface area contributed by atoms with Gasteiger partial charge in [0.1, 0.15) is 5.75 Å². The Morgan fingerprint density at radius 3 is 3.06 bits per heavy atom. The fraction of sp³-hybridized carbons (Fsp3) is 0.571. The van der Waals surface area contributed by atoms with Gasteiger partial charge in [-0.2, -0.15) is 11.8 Å². The number of benzene rings is 1. The molecular weight excluding hydrogens is 244 g/mol. The zero-order valence-electron chi connectivity index (χ0n) is 11.2. The first-order valence-electron chi connectivity index (χ1n) is 6.59. The van der Waals surface area contributed by atoms with Crippen molar-refractivity contribution in [3.63, 3.8) is 0 Å². The van der Waals surface area contributed by atoms with Gasteiger partial charge in [0.15, 0.2) is 0 Å². The lowest BCUT2D eigenvalue weighted by Crippen LogP contribution is -2.36. The minimum Gasteiger partial charge on any atom is -0.491 e. The van der Waals surface area contributed by atoms with Crippen LogP contribution in [0.4, 0.5) is 11.4 Å². The van der Waals surface area contributed by atoms with Gasteiger partial charge in [-0.05, 0) is 18.6 Å². The third kappa shape index (κ3) is 3.25. The molecule has 2 rings (SSSR count). The van der Waals surface area contributed by atoms with Crippen molar-refractivity contribution in [3.8, 4) is 5.75 Å². The lowest BCUT2D eigenvalue weighted by Gasteiger charge is -2.32. The van der Waals surface area contributed by atoms with Crippen LogP contribution in [0.2, 0.25) is 0 Å². The van der Waals surface area contributed by atoms with Gasteiger partial charge >= 0.3 is 0 Å². The van der Waals surface area contributed by atoms with E-state index in [4.69, 9.17) is 10.5 Å². The van der Waals surface area contributed by atoms with Crippen LogP contribution in [0.25, 0.3) is 0 Å². The molecule has 1 aromatic rings. The van der Waals surface area contributed by atoms with Gasteiger partial charge in [-0.3, -0.25) is 0 Å². The van der Waals surface area contributed by atoms with Gasteiger partial charge in [-0.1, -0.05) is 13.8 Å². The monoisotopic (exact) mass is 266 g/mol. The molecular formula is C14H22N2OS. The van der Waals surface area contributed by atoms with E-state index < -0.39 is 0 Å². The van der Waals surface area contributed by atoms with E-state index in [1.165, 1.54) is 11.4 Å². The molecule has 0 saturated carbocycles. The third-order valence-electron chi connectivity index (χ3n) is 3.07. The normalized spacial score (nSPS) is 19.9. The van der Waals surface area contributed by atoms with Crippen LogP contribution in [0, 0.1) is 0 Å². The summed E-state index contributed by atoms with van der Waals surface area (Å²) in [6.45, 7) is 7.31. The van der Waals surface area contributed by atoms with Crippen molar-refractivity contribution in [2.45, 2.75) is 25.5 Å². The van der Waals surface area contributed by atoms with Crippen molar-refractivity contribution in [1.29, 1.82) is 0 Å². The minimum atomic E-state index is 0.691. The van der Waals surface area contributed by atoms with Crippen LogP contribution in [0.15, 0.2) is 18.2 Å². The van der Waals surface area contributed by atoms with Crippen LogP contribution in [-0.4, -0.2) is 30.7 Å². The van der Waals surface area contributed by atoms with Crippen molar-refractivity contribution >= 4 is 23.1 Å². The molecule has 2 N–H and O–H groups in total. The van der Waals surface area contributed by atoms with Crippen molar-refractivity contribution in [1.82, 2.24) is 0 Å². The number of hydrogen-bond donors (Lipinski definition) is 1.